The highest BCUT2D eigenvalue weighted by atomic mass is 16.4. The van der Waals surface area contributed by atoms with Gasteiger partial charge in [0.2, 0.25) is 5.91 Å². The Balaban J connectivity index is 1.70. The summed E-state index contributed by atoms with van der Waals surface area (Å²) in [7, 11) is 2.10. The van der Waals surface area contributed by atoms with Crippen LogP contribution < -0.4 is 0 Å². The topological polar surface area (TPSA) is 89.9 Å². The van der Waals surface area contributed by atoms with E-state index in [1.807, 2.05) is 6.07 Å². The molecule has 1 aromatic heterocycles. The molecule has 2 aliphatic rings. The predicted octanol–water partition coefficient (Wildman–Crippen LogP) is 0.0599. The van der Waals surface area contributed by atoms with Crippen LogP contribution in [0, 0.1) is 0 Å². The Hall–Kier alpha value is -2.06. The number of carbonyl (C=O) groups is 2. The zero-order valence-corrected chi connectivity index (χ0v) is 14.6. The van der Waals surface area contributed by atoms with Crippen molar-refractivity contribution in [1.82, 2.24) is 24.7 Å². The molecule has 0 radical (unpaired) electrons. The van der Waals surface area contributed by atoms with Crippen LogP contribution in [0.1, 0.15) is 25.1 Å². The Kier molecular flexibility index (Phi) is 5.29. The number of likely N-dealkylation sites (tertiary alicyclic amines) is 1. The molecule has 0 aromatic carbocycles. The van der Waals surface area contributed by atoms with Crippen molar-refractivity contribution in [2.24, 2.45) is 0 Å². The maximum atomic E-state index is 12.3. The van der Waals surface area contributed by atoms with E-state index in [-0.39, 0.29) is 18.0 Å². The number of carbonyl (C=O) groups excluding carboxylic acids is 1. The van der Waals surface area contributed by atoms with Crippen LogP contribution in [0.15, 0.2) is 18.5 Å². The number of hydrogen-bond donors (Lipinski definition) is 1. The average molecular weight is 347 g/mol. The molecule has 2 saturated heterocycles. The molecule has 2 aliphatic heterocycles. The molecule has 0 aliphatic carbocycles. The Morgan fingerprint density at radius 1 is 1.24 bits per heavy atom. The number of likely N-dealkylation sites (N-methyl/N-ethyl adjacent to an activating group) is 1. The van der Waals surface area contributed by atoms with Crippen LogP contribution in [0.4, 0.5) is 0 Å². The molecule has 8 nitrogen and oxygen atoms in total. The van der Waals surface area contributed by atoms with Gasteiger partial charge in [-0.05, 0) is 26.0 Å². The Morgan fingerprint density at radius 2 is 2.00 bits per heavy atom. The average Bonchev–Trinajstić information content (AvgIpc) is 2.74. The number of amides is 1. The normalized spacial score (nSPS) is 26.0. The lowest BCUT2D eigenvalue weighted by atomic mass is 9.86. The predicted molar refractivity (Wildman–Crippen MR) is 90.7 cm³/mol. The number of hydrogen-bond acceptors (Lipinski definition) is 6. The van der Waals surface area contributed by atoms with Gasteiger partial charge in [-0.3, -0.25) is 19.4 Å². The minimum atomic E-state index is -0.954. The zero-order valence-electron chi connectivity index (χ0n) is 14.6. The summed E-state index contributed by atoms with van der Waals surface area (Å²) in [5.41, 5.74) is -0.101. The number of carboxylic acids is 1. The molecule has 1 atom stereocenters. The lowest BCUT2D eigenvalue weighted by Gasteiger charge is -2.49. The summed E-state index contributed by atoms with van der Waals surface area (Å²) in [6.07, 6.45) is 5.44. The van der Waals surface area contributed by atoms with E-state index in [1.165, 1.54) is 4.90 Å². The zero-order chi connectivity index (χ0) is 17.9. The van der Waals surface area contributed by atoms with Gasteiger partial charge in [0.15, 0.2) is 0 Å². The number of carboxylic acid groups (broad SMARTS) is 1. The van der Waals surface area contributed by atoms with Crippen LogP contribution in [0.25, 0.3) is 0 Å². The lowest BCUT2D eigenvalue weighted by molar-refractivity contribution is -0.144. The number of rotatable bonds is 4. The summed E-state index contributed by atoms with van der Waals surface area (Å²) < 4.78 is 0. The van der Waals surface area contributed by atoms with Gasteiger partial charge in [0.05, 0.1) is 6.54 Å². The molecule has 1 spiro atoms. The van der Waals surface area contributed by atoms with Gasteiger partial charge >= 0.3 is 5.97 Å². The van der Waals surface area contributed by atoms with Crippen molar-refractivity contribution in [1.29, 1.82) is 0 Å². The highest BCUT2D eigenvalue weighted by Crippen LogP contribution is 2.32. The smallest absolute Gasteiger partial charge is 0.323 e. The van der Waals surface area contributed by atoms with Gasteiger partial charge < -0.3 is 10.0 Å². The highest BCUT2D eigenvalue weighted by Gasteiger charge is 2.42. The van der Waals surface area contributed by atoms with Gasteiger partial charge in [-0.1, -0.05) is 0 Å². The van der Waals surface area contributed by atoms with Gasteiger partial charge in [0.25, 0.3) is 0 Å². The highest BCUT2D eigenvalue weighted by molar-refractivity contribution is 5.81. The second kappa shape index (κ2) is 7.45. The molecule has 25 heavy (non-hydrogen) atoms. The van der Waals surface area contributed by atoms with E-state index in [9.17, 15) is 9.59 Å². The number of piperazine rings is 1. The first-order valence-electron chi connectivity index (χ1n) is 8.68. The van der Waals surface area contributed by atoms with Crippen LogP contribution in [0.3, 0.4) is 0 Å². The molecule has 3 rings (SSSR count). The summed E-state index contributed by atoms with van der Waals surface area (Å²) in [6, 6.07) is 1.81. The van der Waals surface area contributed by atoms with Crippen molar-refractivity contribution in [3.05, 3.63) is 24.3 Å². The summed E-state index contributed by atoms with van der Waals surface area (Å²) in [4.78, 5) is 38.0. The third-order valence-corrected chi connectivity index (χ3v) is 5.39. The first kappa shape index (κ1) is 17.8. The van der Waals surface area contributed by atoms with Crippen LogP contribution in [-0.2, 0) is 16.1 Å². The number of nitrogens with zero attached hydrogens (tertiary/aromatic N) is 5. The van der Waals surface area contributed by atoms with Crippen molar-refractivity contribution in [2.75, 3.05) is 39.8 Å². The fraction of sp³-hybridized carbons (Fsp3) is 0.647. The van der Waals surface area contributed by atoms with Gasteiger partial charge in [-0.2, -0.15) is 0 Å². The Labute approximate surface area is 147 Å². The fourth-order valence-electron chi connectivity index (χ4n) is 3.85. The molecule has 3 heterocycles. The van der Waals surface area contributed by atoms with E-state index in [4.69, 9.17) is 5.11 Å². The van der Waals surface area contributed by atoms with Crippen molar-refractivity contribution in [2.45, 2.75) is 31.3 Å². The third-order valence-electron chi connectivity index (χ3n) is 5.39. The van der Waals surface area contributed by atoms with E-state index in [0.29, 0.717) is 19.5 Å². The van der Waals surface area contributed by atoms with E-state index < -0.39 is 5.97 Å². The molecule has 8 heteroatoms. The standard InChI is InChI=1S/C17H25N5O3/c1-20-9-10-21(11-14-18-6-2-7-19-14)13-17(20)4-3-15(23)22(8-5-17)12-16(24)25/h2,6-7H,3-5,8-13H2,1H3,(H,24,25)/t17-/m0/s1. The monoisotopic (exact) mass is 347 g/mol. The van der Waals surface area contributed by atoms with E-state index in [0.717, 1.165) is 38.3 Å². The first-order valence-corrected chi connectivity index (χ1v) is 8.68. The summed E-state index contributed by atoms with van der Waals surface area (Å²) in [5, 5.41) is 9.01. The van der Waals surface area contributed by atoms with Gasteiger partial charge in [0, 0.05) is 50.5 Å². The van der Waals surface area contributed by atoms with Gasteiger partial charge in [-0.25, -0.2) is 9.97 Å². The summed E-state index contributed by atoms with van der Waals surface area (Å²) in [6.45, 7) is 3.67. The minimum absolute atomic E-state index is 0.0591. The molecule has 0 bridgehead atoms. The van der Waals surface area contributed by atoms with Crippen LogP contribution in [0.5, 0.6) is 0 Å². The maximum Gasteiger partial charge on any atom is 0.323 e. The molecular formula is C17H25N5O3. The number of aromatic nitrogens is 2. The fourth-order valence-corrected chi connectivity index (χ4v) is 3.85. The van der Waals surface area contributed by atoms with Crippen molar-refractivity contribution in [3.63, 3.8) is 0 Å². The van der Waals surface area contributed by atoms with Crippen LogP contribution >= 0.6 is 0 Å². The van der Waals surface area contributed by atoms with Crippen molar-refractivity contribution < 1.29 is 14.7 Å². The molecule has 1 N–H and O–H groups in total. The molecule has 2 fully saturated rings. The van der Waals surface area contributed by atoms with Crippen molar-refractivity contribution in [3.8, 4) is 0 Å². The number of aliphatic carboxylic acids is 1. The summed E-state index contributed by atoms with van der Waals surface area (Å²) in [5.74, 6) is -0.209. The molecule has 0 saturated carbocycles. The van der Waals surface area contributed by atoms with Crippen molar-refractivity contribution >= 4 is 11.9 Å². The quantitative estimate of drug-likeness (QED) is 0.824. The SMILES string of the molecule is CN1CCN(Cc2ncccn2)C[C@@]12CCC(=O)N(CC(=O)O)CC2. The molecule has 1 aromatic rings. The second-order valence-electron chi connectivity index (χ2n) is 6.98. The molecule has 1 amide bonds. The lowest BCUT2D eigenvalue weighted by Crippen LogP contribution is -2.60. The summed E-state index contributed by atoms with van der Waals surface area (Å²) >= 11 is 0. The van der Waals surface area contributed by atoms with Crippen LogP contribution in [0.2, 0.25) is 0 Å². The van der Waals surface area contributed by atoms with Gasteiger partial charge in [0.1, 0.15) is 12.4 Å². The van der Waals surface area contributed by atoms with E-state index in [1.54, 1.807) is 12.4 Å². The second-order valence-corrected chi connectivity index (χ2v) is 6.98. The minimum Gasteiger partial charge on any atom is -0.480 e. The van der Waals surface area contributed by atoms with Crippen LogP contribution in [-0.4, -0.2) is 87.0 Å². The van der Waals surface area contributed by atoms with Gasteiger partial charge in [-0.15, -0.1) is 0 Å². The third kappa shape index (κ3) is 4.13. The Morgan fingerprint density at radius 3 is 2.72 bits per heavy atom. The molecule has 136 valence electrons. The van der Waals surface area contributed by atoms with E-state index in [2.05, 4.69) is 26.8 Å². The van der Waals surface area contributed by atoms with E-state index >= 15 is 0 Å². The Bertz CT molecular complexity index is 626. The molecule has 0 unspecified atom stereocenters. The maximum absolute atomic E-state index is 12.3. The first-order chi connectivity index (χ1) is 12.0. The largest absolute Gasteiger partial charge is 0.480 e. The molecular weight excluding hydrogens is 322 g/mol.